The number of carbonyl (C=O) groups excluding carboxylic acids is 1. The second kappa shape index (κ2) is 4.44. The number of halogens is 2. The van der Waals surface area contributed by atoms with Gasteiger partial charge in [0.05, 0.1) is 5.56 Å². The summed E-state index contributed by atoms with van der Waals surface area (Å²) in [7, 11) is 0. The van der Waals surface area contributed by atoms with Crippen molar-refractivity contribution in [2.45, 2.75) is 27.2 Å². The minimum absolute atomic E-state index is 0.119. The quantitative estimate of drug-likeness (QED) is 0.738. The zero-order valence-corrected chi connectivity index (χ0v) is 10.7. The molecule has 82 valence electrons. The van der Waals surface area contributed by atoms with E-state index in [0.717, 1.165) is 4.47 Å². The molecule has 1 aromatic carbocycles. The van der Waals surface area contributed by atoms with Crippen molar-refractivity contribution < 1.29 is 9.18 Å². The molecule has 0 aromatic heterocycles. The number of carbonyl (C=O) groups is 1. The first-order chi connectivity index (χ1) is 6.79. The summed E-state index contributed by atoms with van der Waals surface area (Å²) in [6.45, 7) is 5.88. The number of Topliss-reactive ketones (excluding diaryl/α,β-unsaturated/α-hetero) is 1. The first kappa shape index (κ1) is 12.4. The van der Waals surface area contributed by atoms with Gasteiger partial charge in [0.1, 0.15) is 5.82 Å². The third kappa shape index (κ3) is 3.74. The Morgan fingerprint density at radius 1 is 1.40 bits per heavy atom. The van der Waals surface area contributed by atoms with Gasteiger partial charge in [0.2, 0.25) is 0 Å². The van der Waals surface area contributed by atoms with E-state index in [9.17, 15) is 9.18 Å². The third-order valence-corrected chi connectivity index (χ3v) is 2.41. The van der Waals surface area contributed by atoms with Crippen molar-refractivity contribution in [1.29, 1.82) is 0 Å². The van der Waals surface area contributed by atoms with Gasteiger partial charge in [0.15, 0.2) is 5.78 Å². The SMILES string of the molecule is CC(C)(C)CC(=O)c1cc(Br)ccc1F. The molecule has 15 heavy (non-hydrogen) atoms. The molecule has 1 rings (SSSR count). The van der Waals surface area contributed by atoms with E-state index >= 15 is 0 Å². The van der Waals surface area contributed by atoms with Crippen LogP contribution in [0.2, 0.25) is 0 Å². The minimum atomic E-state index is -0.451. The van der Waals surface area contributed by atoms with Crippen LogP contribution in [-0.2, 0) is 0 Å². The lowest BCUT2D eigenvalue weighted by molar-refractivity contribution is 0.0936. The largest absolute Gasteiger partial charge is 0.294 e. The highest BCUT2D eigenvalue weighted by Crippen LogP contribution is 2.24. The first-order valence-electron chi connectivity index (χ1n) is 4.78. The maximum atomic E-state index is 13.4. The van der Waals surface area contributed by atoms with Gasteiger partial charge in [-0.15, -0.1) is 0 Å². The van der Waals surface area contributed by atoms with Gasteiger partial charge in [-0.3, -0.25) is 4.79 Å². The van der Waals surface area contributed by atoms with E-state index in [1.54, 1.807) is 6.07 Å². The molecule has 0 spiro atoms. The Bertz CT molecular complexity index is 380. The van der Waals surface area contributed by atoms with Crippen molar-refractivity contribution in [1.82, 2.24) is 0 Å². The number of benzene rings is 1. The normalized spacial score (nSPS) is 11.5. The summed E-state index contributed by atoms with van der Waals surface area (Å²) in [5, 5.41) is 0. The number of rotatable bonds is 2. The molecule has 0 saturated heterocycles. The van der Waals surface area contributed by atoms with Gasteiger partial charge in [0, 0.05) is 10.9 Å². The Kier molecular flexibility index (Phi) is 3.66. The van der Waals surface area contributed by atoms with Gasteiger partial charge in [-0.05, 0) is 23.6 Å². The summed E-state index contributed by atoms with van der Waals surface area (Å²) in [5.41, 5.74) is 0.0468. The molecular formula is C12H14BrFO. The fourth-order valence-corrected chi connectivity index (χ4v) is 1.65. The van der Waals surface area contributed by atoms with Crippen LogP contribution < -0.4 is 0 Å². The Balaban J connectivity index is 2.96. The Morgan fingerprint density at radius 3 is 2.53 bits per heavy atom. The molecule has 0 aliphatic heterocycles. The molecular weight excluding hydrogens is 259 g/mol. The fraction of sp³-hybridized carbons (Fsp3) is 0.417. The summed E-state index contributed by atoms with van der Waals surface area (Å²) < 4.78 is 14.1. The number of hydrogen-bond donors (Lipinski definition) is 0. The smallest absolute Gasteiger partial charge is 0.166 e. The molecule has 0 aliphatic carbocycles. The Labute approximate surface area is 97.8 Å². The van der Waals surface area contributed by atoms with Gasteiger partial charge in [-0.2, -0.15) is 0 Å². The summed E-state index contributed by atoms with van der Waals surface area (Å²) in [6, 6.07) is 4.42. The van der Waals surface area contributed by atoms with Crippen LogP contribution in [0.15, 0.2) is 22.7 Å². The zero-order chi connectivity index (χ0) is 11.6. The van der Waals surface area contributed by atoms with E-state index in [2.05, 4.69) is 15.9 Å². The molecule has 0 N–H and O–H groups in total. The van der Waals surface area contributed by atoms with Crippen molar-refractivity contribution in [3.63, 3.8) is 0 Å². The highest BCUT2D eigenvalue weighted by molar-refractivity contribution is 9.10. The lowest BCUT2D eigenvalue weighted by Gasteiger charge is -2.16. The molecule has 0 saturated carbocycles. The van der Waals surface area contributed by atoms with Crippen molar-refractivity contribution in [3.05, 3.63) is 34.1 Å². The van der Waals surface area contributed by atoms with Crippen LogP contribution in [0.5, 0.6) is 0 Å². The Hall–Kier alpha value is -0.700. The van der Waals surface area contributed by atoms with Crippen molar-refractivity contribution in [2.75, 3.05) is 0 Å². The number of hydrogen-bond acceptors (Lipinski definition) is 1. The van der Waals surface area contributed by atoms with E-state index in [1.165, 1.54) is 12.1 Å². The van der Waals surface area contributed by atoms with Crippen LogP contribution in [0.3, 0.4) is 0 Å². The lowest BCUT2D eigenvalue weighted by Crippen LogP contribution is -2.14. The topological polar surface area (TPSA) is 17.1 Å². The van der Waals surface area contributed by atoms with E-state index < -0.39 is 5.82 Å². The van der Waals surface area contributed by atoms with E-state index in [0.29, 0.717) is 6.42 Å². The summed E-state index contributed by atoms with van der Waals surface area (Å²) >= 11 is 3.23. The molecule has 0 radical (unpaired) electrons. The summed E-state index contributed by atoms with van der Waals surface area (Å²) in [6.07, 6.45) is 0.348. The van der Waals surface area contributed by atoms with Crippen LogP contribution in [-0.4, -0.2) is 5.78 Å². The van der Waals surface area contributed by atoms with Gasteiger partial charge >= 0.3 is 0 Å². The predicted molar refractivity (Wildman–Crippen MR) is 62.5 cm³/mol. The van der Waals surface area contributed by atoms with Crippen molar-refractivity contribution in [3.8, 4) is 0 Å². The third-order valence-electron chi connectivity index (χ3n) is 1.92. The molecule has 1 aromatic rings. The molecule has 0 heterocycles. The molecule has 3 heteroatoms. The maximum Gasteiger partial charge on any atom is 0.166 e. The number of ketones is 1. The molecule has 0 amide bonds. The standard InChI is InChI=1S/C12H14BrFO/c1-12(2,3)7-11(15)9-6-8(13)4-5-10(9)14/h4-6H,7H2,1-3H3. The molecule has 1 nitrogen and oxygen atoms in total. The van der Waals surface area contributed by atoms with Gasteiger partial charge in [0.25, 0.3) is 0 Å². The van der Waals surface area contributed by atoms with E-state index in [4.69, 9.17) is 0 Å². The molecule has 0 fully saturated rings. The van der Waals surface area contributed by atoms with Crippen LogP contribution in [0.1, 0.15) is 37.6 Å². The van der Waals surface area contributed by atoms with Crippen LogP contribution in [0, 0.1) is 11.2 Å². The Morgan fingerprint density at radius 2 is 2.00 bits per heavy atom. The second-order valence-electron chi connectivity index (χ2n) is 4.78. The predicted octanol–water partition coefficient (Wildman–Crippen LogP) is 4.21. The van der Waals surface area contributed by atoms with Crippen LogP contribution >= 0.6 is 15.9 Å². The van der Waals surface area contributed by atoms with Crippen molar-refractivity contribution >= 4 is 21.7 Å². The van der Waals surface area contributed by atoms with E-state index in [-0.39, 0.29) is 16.8 Å². The zero-order valence-electron chi connectivity index (χ0n) is 9.10. The minimum Gasteiger partial charge on any atom is -0.294 e. The first-order valence-corrected chi connectivity index (χ1v) is 5.57. The monoisotopic (exact) mass is 272 g/mol. The lowest BCUT2D eigenvalue weighted by atomic mass is 9.88. The second-order valence-corrected chi connectivity index (χ2v) is 5.70. The van der Waals surface area contributed by atoms with E-state index in [1.807, 2.05) is 20.8 Å². The highest BCUT2D eigenvalue weighted by atomic mass is 79.9. The van der Waals surface area contributed by atoms with Crippen LogP contribution in [0.25, 0.3) is 0 Å². The average molecular weight is 273 g/mol. The fourth-order valence-electron chi connectivity index (χ4n) is 1.29. The highest BCUT2D eigenvalue weighted by Gasteiger charge is 2.19. The molecule has 0 unspecified atom stereocenters. The maximum absolute atomic E-state index is 13.4. The van der Waals surface area contributed by atoms with Crippen molar-refractivity contribution in [2.24, 2.45) is 5.41 Å². The molecule has 0 aliphatic rings. The molecule has 0 bridgehead atoms. The van der Waals surface area contributed by atoms with Gasteiger partial charge in [-0.1, -0.05) is 36.7 Å². The molecule has 0 atom stereocenters. The van der Waals surface area contributed by atoms with Gasteiger partial charge in [-0.25, -0.2) is 4.39 Å². The summed E-state index contributed by atoms with van der Waals surface area (Å²) in [5.74, 6) is -0.603. The van der Waals surface area contributed by atoms with Gasteiger partial charge < -0.3 is 0 Å². The average Bonchev–Trinajstić information content (AvgIpc) is 2.06. The van der Waals surface area contributed by atoms with Crippen LogP contribution in [0.4, 0.5) is 4.39 Å². The summed E-state index contributed by atoms with van der Waals surface area (Å²) in [4.78, 5) is 11.8.